The molecular formula is C19H18ClNO4. The van der Waals surface area contributed by atoms with Crippen molar-refractivity contribution in [3.8, 4) is 0 Å². The van der Waals surface area contributed by atoms with Crippen LogP contribution >= 0.6 is 11.6 Å². The molecule has 0 aliphatic carbocycles. The van der Waals surface area contributed by atoms with E-state index in [1.807, 2.05) is 0 Å². The van der Waals surface area contributed by atoms with E-state index in [0.29, 0.717) is 16.3 Å². The van der Waals surface area contributed by atoms with E-state index in [4.69, 9.17) is 16.3 Å². The van der Waals surface area contributed by atoms with Gasteiger partial charge in [-0.3, -0.25) is 14.4 Å². The van der Waals surface area contributed by atoms with Crippen LogP contribution in [-0.2, 0) is 14.3 Å². The van der Waals surface area contributed by atoms with Gasteiger partial charge in [0.2, 0.25) is 11.7 Å². The molecule has 0 spiro atoms. The fraction of sp³-hybridized carbons (Fsp3) is 0.211. The van der Waals surface area contributed by atoms with Gasteiger partial charge in [-0.2, -0.15) is 0 Å². The van der Waals surface area contributed by atoms with Crippen molar-refractivity contribution in [2.24, 2.45) is 0 Å². The molecule has 0 heterocycles. The molecular weight excluding hydrogens is 342 g/mol. The number of rotatable bonds is 7. The van der Waals surface area contributed by atoms with Crippen LogP contribution in [0.5, 0.6) is 0 Å². The third-order valence-electron chi connectivity index (χ3n) is 3.40. The van der Waals surface area contributed by atoms with Crippen molar-refractivity contribution in [1.29, 1.82) is 0 Å². The number of amides is 1. The van der Waals surface area contributed by atoms with E-state index in [0.717, 1.165) is 0 Å². The van der Waals surface area contributed by atoms with E-state index >= 15 is 0 Å². The minimum Gasteiger partial charge on any atom is -0.454 e. The summed E-state index contributed by atoms with van der Waals surface area (Å²) in [6.07, 6.45) is -1.05. The second-order valence-corrected chi connectivity index (χ2v) is 5.86. The summed E-state index contributed by atoms with van der Waals surface area (Å²) in [6.45, 7) is 1.51. The number of esters is 1. The molecule has 2 aromatic rings. The summed E-state index contributed by atoms with van der Waals surface area (Å²) in [4.78, 5) is 35.8. The van der Waals surface area contributed by atoms with Crippen LogP contribution in [-0.4, -0.2) is 23.8 Å². The van der Waals surface area contributed by atoms with E-state index in [2.05, 4.69) is 5.32 Å². The first-order valence-corrected chi connectivity index (χ1v) is 8.17. The average Bonchev–Trinajstić information content (AvgIpc) is 2.60. The van der Waals surface area contributed by atoms with E-state index in [1.54, 1.807) is 54.6 Å². The Labute approximate surface area is 150 Å². The maximum Gasteiger partial charge on any atom is 0.307 e. The predicted octanol–water partition coefficient (Wildman–Crippen LogP) is 3.87. The van der Waals surface area contributed by atoms with Crippen LogP contribution in [0, 0.1) is 0 Å². The Kier molecular flexibility index (Phi) is 6.71. The number of ketones is 1. The number of hydrogen-bond acceptors (Lipinski definition) is 4. The maximum absolute atomic E-state index is 12.1. The molecule has 25 heavy (non-hydrogen) atoms. The van der Waals surface area contributed by atoms with Crippen molar-refractivity contribution in [1.82, 2.24) is 0 Å². The van der Waals surface area contributed by atoms with E-state index in [9.17, 15) is 14.4 Å². The Morgan fingerprint density at radius 3 is 2.44 bits per heavy atom. The molecule has 0 aliphatic rings. The van der Waals surface area contributed by atoms with Gasteiger partial charge in [0.1, 0.15) is 0 Å². The van der Waals surface area contributed by atoms with Gasteiger partial charge in [-0.1, -0.05) is 48.0 Å². The molecule has 0 saturated heterocycles. The highest BCUT2D eigenvalue weighted by molar-refractivity contribution is 6.30. The minimum atomic E-state index is -0.897. The normalized spacial score (nSPS) is 11.4. The van der Waals surface area contributed by atoms with Crippen LogP contribution in [0.25, 0.3) is 0 Å². The molecule has 2 aromatic carbocycles. The lowest BCUT2D eigenvalue weighted by Crippen LogP contribution is -2.25. The van der Waals surface area contributed by atoms with Gasteiger partial charge < -0.3 is 10.1 Å². The first-order chi connectivity index (χ1) is 12.0. The second kappa shape index (κ2) is 8.99. The molecule has 2 rings (SSSR count). The topological polar surface area (TPSA) is 72.5 Å². The number of nitrogens with one attached hydrogen (secondary N) is 1. The fourth-order valence-corrected chi connectivity index (χ4v) is 2.34. The molecule has 0 aromatic heterocycles. The van der Waals surface area contributed by atoms with Crippen molar-refractivity contribution in [3.05, 3.63) is 65.2 Å². The van der Waals surface area contributed by atoms with E-state index in [-0.39, 0.29) is 24.5 Å². The summed E-state index contributed by atoms with van der Waals surface area (Å²) in [6, 6.07) is 15.3. The number of carbonyl (C=O) groups excluding carboxylic acids is 3. The number of benzene rings is 2. The van der Waals surface area contributed by atoms with Crippen LogP contribution < -0.4 is 5.32 Å². The van der Waals surface area contributed by atoms with Crippen LogP contribution in [0.1, 0.15) is 30.1 Å². The Bertz CT molecular complexity index is 761. The minimum absolute atomic E-state index is 0.0441. The smallest absolute Gasteiger partial charge is 0.307 e. The molecule has 1 N–H and O–H groups in total. The second-order valence-electron chi connectivity index (χ2n) is 5.42. The SMILES string of the molecule is C[C@H](OC(=O)CCC(=O)Nc1cccc(Cl)c1)C(=O)c1ccccc1. The molecule has 0 fully saturated rings. The van der Waals surface area contributed by atoms with Gasteiger partial charge in [-0.05, 0) is 25.1 Å². The highest BCUT2D eigenvalue weighted by Gasteiger charge is 2.19. The highest BCUT2D eigenvalue weighted by atomic mass is 35.5. The molecule has 1 amide bonds. The summed E-state index contributed by atoms with van der Waals surface area (Å²) in [7, 11) is 0. The van der Waals surface area contributed by atoms with Crippen molar-refractivity contribution in [3.63, 3.8) is 0 Å². The van der Waals surface area contributed by atoms with Crippen molar-refractivity contribution in [2.45, 2.75) is 25.9 Å². The number of ether oxygens (including phenoxy) is 1. The largest absolute Gasteiger partial charge is 0.454 e. The van der Waals surface area contributed by atoms with Crippen LogP contribution in [0.3, 0.4) is 0 Å². The van der Waals surface area contributed by atoms with Gasteiger partial charge in [0.25, 0.3) is 0 Å². The summed E-state index contributed by atoms with van der Waals surface area (Å²) < 4.78 is 5.10. The Morgan fingerprint density at radius 2 is 1.76 bits per heavy atom. The third kappa shape index (κ3) is 6.04. The molecule has 0 unspecified atom stereocenters. The number of carbonyl (C=O) groups is 3. The number of hydrogen-bond donors (Lipinski definition) is 1. The van der Waals surface area contributed by atoms with E-state index in [1.165, 1.54) is 6.92 Å². The quantitative estimate of drug-likeness (QED) is 0.601. The lowest BCUT2D eigenvalue weighted by atomic mass is 10.1. The molecule has 0 radical (unpaired) electrons. The van der Waals surface area contributed by atoms with Gasteiger partial charge in [0, 0.05) is 22.7 Å². The predicted molar refractivity (Wildman–Crippen MR) is 95.6 cm³/mol. The van der Waals surface area contributed by atoms with Crippen LogP contribution in [0.15, 0.2) is 54.6 Å². The number of anilines is 1. The van der Waals surface area contributed by atoms with Crippen molar-refractivity contribution >= 4 is 34.9 Å². The zero-order valence-corrected chi connectivity index (χ0v) is 14.5. The number of Topliss-reactive ketones (excluding diaryl/α,β-unsaturated/α-hetero) is 1. The lowest BCUT2D eigenvalue weighted by Gasteiger charge is -2.12. The maximum atomic E-state index is 12.1. The molecule has 130 valence electrons. The van der Waals surface area contributed by atoms with E-state index < -0.39 is 12.1 Å². The summed E-state index contributed by atoms with van der Waals surface area (Å²) in [5.41, 5.74) is 1.03. The third-order valence-corrected chi connectivity index (χ3v) is 3.64. The van der Waals surface area contributed by atoms with Crippen molar-refractivity contribution < 1.29 is 19.1 Å². The van der Waals surface area contributed by atoms with Gasteiger partial charge >= 0.3 is 5.97 Å². The summed E-state index contributed by atoms with van der Waals surface area (Å²) >= 11 is 5.84. The van der Waals surface area contributed by atoms with Gasteiger partial charge in [0.05, 0.1) is 6.42 Å². The molecule has 0 saturated carbocycles. The van der Waals surface area contributed by atoms with Gasteiger partial charge in [-0.25, -0.2) is 0 Å². The first kappa shape index (κ1) is 18.7. The van der Waals surface area contributed by atoms with Gasteiger partial charge in [-0.15, -0.1) is 0 Å². The fourth-order valence-electron chi connectivity index (χ4n) is 2.15. The Morgan fingerprint density at radius 1 is 1.04 bits per heavy atom. The Hall–Kier alpha value is -2.66. The first-order valence-electron chi connectivity index (χ1n) is 7.80. The van der Waals surface area contributed by atoms with Crippen LogP contribution in [0.4, 0.5) is 5.69 Å². The molecule has 1 atom stereocenters. The molecule has 0 aliphatic heterocycles. The van der Waals surface area contributed by atoms with Gasteiger partial charge in [0.15, 0.2) is 6.10 Å². The zero-order chi connectivity index (χ0) is 18.2. The highest BCUT2D eigenvalue weighted by Crippen LogP contribution is 2.15. The standard InChI is InChI=1S/C19H18ClNO4/c1-13(19(24)14-6-3-2-4-7-14)25-18(23)11-10-17(22)21-16-9-5-8-15(20)12-16/h2-9,12-13H,10-11H2,1H3,(H,21,22)/t13-/m0/s1. The Balaban J connectivity index is 1.78. The summed E-state index contributed by atoms with van der Waals surface area (Å²) in [5, 5.41) is 3.15. The molecule has 5 nitrogen and oxygen atoms in total. The monoisotopic (exact) mass is 359 g/mol. The zero-order valence-electron chi connectivity index (χ0n) is 13.7. The molecule has 0 bridgehead atoms. The molecule has 6 heteroatoms. The average molecular weight is 360 g/mol. The lowest BCUT2D eigenvalue weighted by molar-refractivity contribution is -0.147. The summed E-state index contributed by atoms with van der Waals surface area (Å²) in [5.74, 6) is -1.21. The number of halogens is 1. The van der Waals surface area contributed by atoms with Crippen LogP contribution in [0.2, 0.25) is 5.02 Å². The van der Waals surface area contributed by atoms with Crippen molar-refractivity contribution in [2.75, 3.05) is 5.32 Å².